The summed E-state index contributed by atoms with van der Waals surface area (Å²) in [6.07, 6.45) is 1.55. The number of aromatic nitrogens is 1. The number of hydrogen-bond acceptors (Lipinski definition) is 5. The highest BCUT2D eigenvalue weighted by atomic mass is 19.1. The van der Waals surface area contributed by atoms with Crippen LogP contribution >= 0.6 is 0 Å². The van der Waals surface area contributed by atoms with Gasteiger partial charge in [0.15, 0.2) is 6.10 Å². The number of aliphatic hydroxyl groups is 1. The maximum atomic E-state index is 13.3. The average Bonchev–Trinajstić information content (AvgIpc) is 3.64. The number of aromatic amines is 1. The van der Waals surface area contributed by atoms with Crippen molar-refractivity contribution < 1.29 is 28.3 Å². The lowest BCUT2D eigenvalue weighted by atomic mass is 10.0. The molecule has 0 radical (unpaired) electrons. The number of aryl methyl sites for hydroxylation is 1. The van der Waals surface area contributed by atoms with Gasteiger partial charge in [0.1, 0.15) is 11.6 Å². The second-order valence-electron chi connectivity index (χ2n) is 9.59. The Kier molecular flexibility index (Phi) is 7.10. The number of furan rings is 1. The second kappa shape index (κ2) is 10.7. The Hall–Kier alpha value is -4.96. The molecule has 9 nitrogen and oxygen atoms in total. The Morgan fingerprint density at radius 3 is 2.55 bits per heavy atom. The Morgan fingerprint density at radius 2 is 1.85 bits per heavy atom. The lowest BCUT2D eigenvalue weighted by Gasteiger charge is -2.15. The number of rotatable bonds is 7. The van der Waals surface area contributed by atoms with Crippen molar-refractivity contribution in [1.29, 1.82) is 0 Å². The van der Waals surface area contributed by atoms with Gasteiger partial charge in [0.05, 0.1) is 23.6 Å². The van der Waals surface area contributed by atoms with Crippen molar-refractivity contribution in [3.8, 4) is 0 Å². The summed E-state index contributed by atoms with van der Waals surface area (Å²) in [6.45, 7) is 5.34. The van der Waals surface area contributed by atoms with E-state index in [1.165, 1.54) is 24.5 Å². The summed E-state index contributed by atoms with van der Waals surface area (Å²) in [4.78, 5) is 41.6. The number of aliphatic hydroxyl groups excluding tert-OH is 1. The van der Waals surface area contributed by atoms with E-state index in [9.17, 15) is 23.9 Å². The summed E-state index contributed by atoms with van der Waals surface area (Å²) in [5.41, 5.74) is 4.92. The van der Waals surface area contributed by atoms with E-state index in [2.05, 4.69) is 20.9 Å². The first kappa shape index (κ1) is 26.6. The van der Waals surface area contributed by atoms with Crippen molar-refractivity contribution in [3.63, 3.8) is 0 Å². The van der Waals surface area contributed by atoms with Crippen LogP contribution in [-0.4, -0.2) is 27.8 Å². The average molecular weight is 543 g/mol. The highest BCUT2D eigenvalue weighted by Gasteiger charge is 2.27. The monoisotopic (exact) mass is 542 g/mol. The van der Waals surface area contributed by atoms with Crippen molar-refractivity contribution in [2.45, 2.75) is 32.9 Å². The summed E-state index contributed by atoms with van der Waals surface area (Å²) < 4.78 is 18.4. The van der Waals surface area contributed by atoms with Gasteiger partial charge in [0.25, 0.3) is 17.7 Å². The van der Waals surface area contributed by atoms with Crippen molar-refractivity contribution in [2.24, 2.45) is 0 Å². The van der Waals surface area contributed by atoms with E-state index in [1.807, 2.05) is 0 Å². The van der Waals surface area contributed by atoms with Crippen LogP contribution in [0.4, 0.5) is 15.8 Å². The summed E-state index contributed by atoms with van der Waals surface area (Å²) in [5.74, 6) is -1.57. The maximum absolute atomic E-state index is 13.3. The third-order valence-electron chi connectivity index (χ3n) is 6.86. The second-order valence-corrected chi connectivity index (χ2v) is 9.59. The number of benzene rings is 2. The van der Waals surface area contributed by atoms with Crippen molar-refractivity contribution >= 4 is 40.7 Å². The van der Waals surface area contributed by atoms with E-state index < -0.39 is 12.0 Å². The normalized spacial score (nSPS) is 14.9. The molecule has 1 aliphatic heterocycles. The van der Waals surface area contributed by atoms with Gasteiger partial charge in [0, 0.05) is 28.2 Å². The molecule has 5 N–H and O–H groups in total. The predicted molar refractivity (Wildman–Crippen MR) is 148 cm³/mol. The molecule has 2 atom stereocenters. The Bertz CT molecular complexity index is 1640. The van der Waals surface area contributed by atoms with Crippen LogP contribution in [0.15, 0.2) is 65.3 Å². The molecule has 0 spiro atoms. The van der Waals surface area contributed by atoms with Gasteiger partial charge in [-0.1, -0.05) is 12.1 Å². The van der Waals surface area contributed by atoms with Gasteiger partial charge in [-0.2, -0.15) is 0 Å². The Morgan fingerprint density at radius 1 is 1.10 bits per heavy atom. The van der Waals surface area contributed by atoms with E-state index >= 15 is 0 Å². The minimum absolute atomic E-state index is 0.122. The minimum atomic E-state index is -1.48. The molecule has 4 aromatic rings. The number of carbonyl (C=O) groups is 3. The molecule has 3 amide bonds. The first-order valence-electron chi connectivity index (χ1n) is 12.6. The Labute approximate surface area is 229 Å². The number of H-pyrrole nitrogens is 1. The molecule has 10 heteroatoms. The fourth-order valence-electron chi connectivity index (χ4n) is 4.61. The van der Waals surface area contributed by atoms with E-state index in [-0.39, 0.29) is 29.4 Å². The largest absolute Gasteiger partial charge is 0.466 e. The van der Waals surface area contributed by atoms with Gasteiger partial charge in [-0.3, -0.25) is 14.4 Å². The molecule has 2 aromatic carbocycles. The molecule has 5 rings (SSSR count). The number of halogens is 1. The SMILES string of the molecule is Cc1[nH]c(/C=C2\C(=O)Nc3ccc(C(=O)N[C@H](C)c4ccc(F)cc4)cc32)c(C)c1NC(=O)[C@@H](O)c1ccco1. The molecule has 0 bridgehead atoms. The Balaban J connectivity index is 1.38. The molecule has 0 saturated carbocycles. The van der Waals surface area contributed by atoms with Gasteiger partial charge < -0.3 is 30.5 Å². The molecular weight excluding hydrogens is 515 g/mol. The van der Waals surface area contributed by atoms with Gasteiger partial charge in [-0.05, 0) is 80.4 Å². The number of amides is 3. The molecule has 0 unspecified atom stereocenters. The number of fused-ring (bicyclic) bond motifs is 1. The number of hydrogen-bond donors (Lipinski definition) is 5. The molecular formula is C30H27FN4O5. The lowest BCUT2D eigenvalue weighted by Crippen LogP contribution is -2.26. The molecule has 3 heterocycles. The van der Waals surface area contributed by atoms with Crippen LogP contribution in [-0.2, 0) is 9.59 Å². The lowest BCUT2D eigenvalue weighted by molar-refractivity contribution is -0.125. The quantitative estimate of drug-likeness (QED) is 0.209. The zero-order valence-electron chi connectivity index (χ0n) is 22.0. The fourth-order valence-corrected chi connectivity index (χ4v) is 4.61. The molecule has 204 valence electrons. The maximum Gasteiger partial charge on any atom is 0.261 e. The minimum Gasteiger partial charge on any atom is -0.466 e. The highest BCUT2D eigenvalue weighted by Crippen LogP contribution is 2.36. The number of carbonyl (C=O) groups excluding carboxylic acids is 3. The topological polar surface area (TPSA) is 136 Å². The molecule has 2 aromatic heterocycles. The van der Waals surface area contributed by atoms with E-state index in [0.29, 0.717) is 45.0 Å². The fraction of sp³-hybridized carbons (Fsp3) is 0.167. The van der Waals surface area contributed by atoms with Crippen LogP contribution in [0.1, 0.15) is 63.3 Å². The first-order chi connectivity index (χ1) is 19.1. The van der Waals surface area contributed by atoms with Gasteiger partial charge in [-0.25, -0.2) is 4.39 Å². The summed E-state index contributed by atoms with van der Waals surface area (Å²) in [7, 11) is 0. The summed E-state index contributed by atoms with van der Waals surface area (Å²) >= 11 is 0. The van der Waals surface area contributed by atoms with Gasteiger partial charge in [0.2, 0.25) is 0 Å². The van der Waals surface area contributed by atoms with Crippen LogP contribution < -0.4 is 16.0 Å². The van der Waals surface area contributed by atoms with Crippen LogP contribution in [0.3, 0.4) is 0 Å². The molecule has 40 heavy (non-hydrogen) atoms. The van der Waals surface area contributed by atoms with Crippen molar-refractivity contribution in [2.75, 3.05) is 10.6 Å². The zero-order chi connectivity index (χ0) is 28.6. The molecule has 0 aliphatic carbocycles. The third kappa shape index (κ3) is 5.16. The summed E-state index contributed by atoms with van der Waals surface area (Å²) in [5, 5.41) is 18.7. The smallest absolute Gasteiger partial charge is 0.261 e. The van der Waals surface area contributed by atoms with Crippen LogP contribution in [0, 0.1) is 19.7 Å². The molecule has 0 fully saturated rings. The first-order valence-corrected chi connectivity index (χ1v) is 12.6. The highest BCUT2D eigenvalue weighted by molar-refractivity contribution is 6.35. The van der Waals surface area contributed by atoms with Crippen LogP contribution in [0.2, 0.25) is 0 Å². The van der Waals surface area contributed by atoms with Gasteiger partial charge in [-0.15, -0.1) is 0 Å². The van der Waals surface area contributed by atoms with Crippen molar-refractivity contribution in [1.82, 2.24) is 10.3 Å². The molecule has 1 aliphatic rings. The van der Waals surface area contributed by atoms with Crippen molar-refractivity contribution in [3.05, 3.63) is 106 Å². The number of anilines is 2. The molecule has 0 saturated heterocycles. The van der Waals surface area contributed by atoms with E-state index in [4.69, 9.17) is 4.42 Å². The van der Waals surface area contributed by atoms with E-state index in [0.717, 1.165) is 5.56 Å². The summed E-state index contributed by atoms with van der Waals surface area (Å²) in [6, 6.07) is 13.5. The van der Waals surface area contributed by atoms with Gasteiger partial charge >= 0.3 is 0 Å². The van der Waals surface area contributed by atoms with Crippen LogP contribution in [0.25, 0.3) is 11.6 Å². The standard InChI is InChI=1S/C30H27FN4O5/c1-15-24(32-17(3)26(15)35-30(39)27(36)25-5-4-12-40-25)14-22-21-13-19(8-11-23(21)34-29(22)38)28(37)33-16(2)18-6-9-20(31)10-7-18/h4-14,16,27,32,36H,1-3H3,(H,33,37)(H,34,38)(H,35,39)/b22-14-/t16-,27+/m1/s1. The van der Waals surface area contributed by atoms with E-state index in [1.54, 1.807) is 63.2 Å². The van der Waals surface area contributed by atoms with Crippen LogP contribution in [0.5, 0.6) is 0 Å². The zero-order valence-corrected chi connectivity index (χ0v) is 22.0. The third-order valence-corrected chi connectivity index (χ3v) is 6.86. The predicted octanol–water partition coefficient (Wildman–Crippen LogP) is 5.02. The number of nitrogens with one attached hydrogen (secondary N) is 4.